The number of sulfonamides is 1. The minimum Gasteiger partial charge on any atom is -0.286 e. The Bertz CT molecular complexity index is 1160. The quantitative estimate of drug-likeness (QED) is 0.613. The van der Waals surface area contributed by atoms with E-state index in [-0.39, 0.29) is 19.0 Å². The first-order valence-corrected chi connectivity index (χ1v) is 10.7. The van der Waals surface area contributed by atoms with Crippen molar-refractivity contribution in [3.63, 3.8) is 0 Å². The van der Waals surface area contributed by atoms with E-state index in [4.69, 9.17) is 11.6 Å². The molecular weight excluding hydrogens is 429 g/mol. The lowest BCUT2D eigenvalue weighted by atomic mass is 9.97. The predicted octanol–water partition coefficient (Wildman–Crippen LogP) is 3.97. The van der Waals surface area contributed by atoms with Crippen molar-refractivity contribution >= 4 is 27.3 Å². The largest absolute Gasteiger partial charge is 0.417 e. The van der Waals surface area contributed by atoms with E-state index in [0.717, 1.165) is 18.0 Å². The smallest absolute Gasteiger partial charge is 0.286 e. The van der Waals surface area contributed by atoms with Crippen molar-refractivity contribution in [1.82, 2.24) is 18.9 Å². The van der Waals surface area contributed by atoms with Crippen LogP contribution >= 0.6 is 11.6 Å². The van der Waals surface area contributed by atoms with Crippen LogP contribution in [-0.4, -0.2) is 40.4 Å². The molecule has 0 radical (unpaired) electrons. The summed E-state index contributed by atoms with van der Waals surface area (Å²) >= 11 is 5.60. The molecule has 0 N–H and O–H groups in total. The highest BCUT2D eigenvalue weighted by atomic mass is 35.5. The van der Waals surface area contributed by atoms with Gasteiger partial charge in [-0.05, 0) is 43.2 Å². The van der Waals surface area contributed by atoms with Crippen LogP contribution < -0.4 is 0 Å². The van der Waals surface area contributed by atoms with E-state index in [1.165, 1.54) is 4.31 Å². The topological polar surface area (TPSA) is 67.6 Å². The van der Waals surface area contributed by atoms with E-state index in [1.54, 1.807) is 0 Å². The Balaban J connectivity index is 1.55. The summed E-state index contributed by atoms with van der Waals surface area (Å²) in [7, 11) is -4.06. The molecule has 0 atom stereocenters. The molecule has 0 unspecified atom stereocenters. The molecule has 1 saturated heterocycles. The molecule has 154 valence electrons. The lowest BCUT2D eigenvalue weighted by Gasteiger charge is -2.30. The van der Waals surface area contributed by atoms with Gasteiger partial charge in [0.15, 0.2) is 5.65 Å². The maximum absolute atomic E-state index is 13.1. The van der Waals surface area contributed by atoms with Gasteiger partial charge < -0.3 is 0 Å². The van der Waals surface area contributed by atoms with Crippen molar-refractivity contribution in [3.8, 4) is 0 Å². The van der Waals surface area contributed by atoms with Crippen LogP contribution in [0.3, 0.4) is 0 Å². The van der Waals surface area contributed by atoms with Gasteiger partial charge >= 0.3 is 6.18 Å². The SMILES string of the molecule is O=S(=O)(c1ccc(Cl)c(C(F)(F)F)c1)N1CCC(c2nnc3ccccn23)CC1. The third-order valence-corrected chi connectivity index (χ3v) is 7.26. The van der Waals surface area contributed by atoms with Gasteiger partial charge in [-0.2, -0.15) is 17.5 Å². The van der Waals surface area contributed by atoms with E-state index in [9.17, 15) is 21.6 Å². The van der Waals surface area contributed by atoms with Crippen LogP contribution in [-0.2, 0) is 16.2 Å². The first kappa shape index (κ1) is 20.1. The summed E-state index contributed by atoms with van der Waals surface area (Å²) in [5.74, 6) is 0.762. The minimum absolute atomic E-state index is 0.00908. The first-order valence-electron chi connectivity index (χ1n) is 8.84. The average Bonchev–Trinajstić information content (AvgIpc) is 3.11. The molecule has 0 aliphatic carbocycles. The van der Waals surface area contributed by atoms with E-state index >= 15 is 0 Å². The number of benzene rings is 1. The first-order chi connectivity index (χ1) is 13.7. The van der Waals surface area contributed by atoms with Gasteiger partial charge in [0, 0.05) is 25.2 Å². The summed E-state index contributed by atoms with van der Waals surface area (Å²) < 4.78 is 68.1. The fourth-order valence-corrected chi connectivity index (χ4v) is 5.24. The van der Waals surface area contributed by atoms with Crippen molar-refractivity contribution < 1.29 is 21.6 Å². The van der Waals surface area contributed by atoms with Crippen LogP contribution in [0.25, 0.3) is 5.65 Å². The molecule has 2 aromatic heterocycles. The zero-order valence-electron chi connectivity index (χ0n) is 15.0. The Morgan fingerprint density at radius 2 is 1.79 bits per heavy atom. The molecule has 0 bridgehead atoms. The van der Waals surface area contributed by atoms with Gasteiger partial charge in [-0.25, -0.2) is 8.42 Å². The monoisotopic (exact) mass is 444 g/mol. The maximum Gasteiger partial charge on any atom is 0.417 e. The molecule has 11 heteroatoms. The highest BCUT2D eigenvalue weighted by Crippen LogP contribution is 2.37. The van der Waals surface area contributed by atoms with Crippen molar-refractivity contribution in [2.24, 2.45) is 0 Å². The van der Waals surface area contributed by atoms with Crippen LogP contribution in [0.5, 0.6) is 0 Å². The van der Waals surface area contributed by atoms with Crippen LogP contribution in [0, 0.1) is 0 Å². The number of hydrogen-bond donors (Lipinski definition) is 0. The van der Waals surface area contributed by atoms with Crippen molar-refractivity contribution in [2.75, 3.05) is 13.1 Å². The number of piperidine rings is 1. The average molecular weight is 445 g/mol. The second-order valence-electron chi connectivity index (χ2n) is 6.80. The molecule has 1 aliphatic rings. The predicted molar refractivity (Wildman–Crippen MR) is 100 cm³/mol. The van der Waals surface area contributed by atoms with Gasteiger partial charge in [-0.1, -0.05) is 17.7 Å². The number of nitrogens with zero attached hydrogens (tertiary/aromatic N) is 4. The molecule has 0 saturated carbocycles. The number of hydrogen-bond acceptors (Lipinski definition) is 4. The highest BCUT2D eigenvalue weighted by molar-refractivity contribution is 7.89. The summed E-state index contributed by atoms with van der Waals surface area (Å²) in [5, 5.41) is 7.80. The second-order valence-corrected chi connectivity index (χ2v) is 9.15. The second kappa shape index (κ2) is 7.26. The van der Waals surface area contributed by atoms with E-state index in [1.807, 2.05) is 28.8 Å². The maximum atomic E-state index is 13.1. The van der Waals surface area contributed by atoms with E-state index in [0.29, 0.717) is 24.6 Å². The third kappa shape index (κ3) is 3.72. The fourth-order valence-electron chi connectivity index (χ4n) is 3.52. The molecule has 0 amide bonds. The van der Waals surface area contributed by atoms with Gasteiger partial charge in [-0.15, -0.1) is 10.2 Å². The molecule has 0 spiro atoms. The number of pyridine rings is 1. The molecule has 1 aliphatic heterocycles. The number of halogens is 4. The van der Waals surface area contributed by atoms with E-state index < -0.39 is 31.7 Å². The summed E-state index contributed by atoms with van der Waals surface area (Å²) in [6.45, 7) is 0.359. The molecule has 1 aromatic carbocycles. The zero-order chi connectivity index (χ0) is 20.8. The molecular formula is C18H16ClF3N4O2S. The lowest BCUT2D eigenvalue weighted by Crippen LogP contribution is -2.38. The van der Waals surface area contributed by atoms with Crippen molar-refractivity contribution in [2.45, 2.75) is 29.8 Å². The van der Waals surface area contributed by atoms with Crippen LogP contribution in [0.1, 0.15) is 30.1 Å². The molecule has 4 rings (SSSR count). The van der Waals surface area contributed by atoms with E-state index in [2.05, 4.69) is 10.2 Å². The van der Waals surface area contributed by atoms with Gasteiger partial charge in [0.25, 0.3) is 0 Å². The van der Waals surface area contributed by atoms with Crippen LogP contribution in [0.2, 0.25) is 5.02 Å². The highest BCUT2D eigenvalue weighted by Gasteiger charge is 2.36. The van der Waals surface area contributed by atoms with Crippen LogP contribution in [0.15, 0.2) is 47.5 Å². The standard InChI is InChI=1S/C18H16ClF3N4O2S/c19-15-5-4-13(11-14(15)18(20,21)22)29(27,28)25-9-6-12(7-10-25)17-24-23-16-3-1-2-8-26(16)17/h1-5,8,11-12H,6-7,9-10H2. The molecule has 29 heavy (non-hydrogen) atoms. The Morgan fingerprint density at radius 1 is 1.07 bits per heavy atom. The van der Waals surface area contributed by atoms with Gasteiger partial charge in [0.1, 0.15) is 5.82 Å². The van der Waals surface area contributed by atoms with Crippen LogP contribution in [0.4, 0.5) is 13.2 Å². The molecule has 1 fully saturated rings. The van der Waals surface area contributed by atoms with Gasteiger partial charge in [-0.3, -0.25) is 4.40 Å². The third-order valence-electron chi connectivity index (χ3n) is 5.04. The molecule has 3 heterocycles. The number of aromatic nitrogens is 3. The Hall–Kier alpha value is -2.17. The Labute approximate surface area is 170 Å². The fraction of sp³-hybridized carbons (Fsp3) is 0.333. The Morgan fingerprint density at radius 3 is 2.48 bits per heavy atom. The van der Waals surface area contributed by atoms with Gasteiger partial charge in [0.2, 0.25) is 10.0 Å². The van der Waals surface area contributed by atoms with Gasteiger partial charge in [0.05, 0.1) is 15.5 Å². The summed E-state index contributed by atoms with van der Waals surface area (Å²) in [6.07, 6.45) is -1.90. The lowest BCUT2D eigenvalue weighted by molar-refractivity contribution is -0.137. The minimum atomic E-state index is -4.73. The van der Waals surface area contributed by atoms with Crippen molar-refractivity contribution in [3.05, 3.63) is 59.0 Å². The Kier molecular flexibility index (Phi) is 5.04. The number of alkyl halides is 3. The van der Waals surface area contributed by atoms with Crippen molar-refractivity contribution in [1.29, 1.82) is 0 Å². The normalized spacial score (nSPS) is 17.1. The summed E-state index contributed by atoms with van der Waals surface area (Å²) in [4.78, 5) is -0.416. The molecule has 6 nitrogen and oxygen atoms in total. The zero-order valence-corrected chi connectivity index (χ0v) is 16.5. The molecule has 3 aromatic rings. The summed E-state index contributed by atoms with van der Waals surface area (Å²) in [5.41, 5.74) is -0.455. The summed E-state index contributed by atoms with van der Waals surface area (Å²) in [6, 6.07) is 8.20. The number of rotatable bonds is 3. The number of fused-ring (bicyclic) bond motifs is 1.